The summed E-state index contributed by atoms with van der Waals surface area (Å²) in [5.74, 6) is -9.53. The molecule has 2 rings (SSSR count). The van der Waals surface area contributed by atoms with Gasteiger partial charge >= 0.3 is 0 Å². The zero-order valence-corrected chi connectivity index (χ0v) is 11.3. The third kappa shape index (κ3) is 2.34. The van der Waals surface area contributed by atoms with Gasteiger partial charge in [-0.1, -0.05) is 0 Å². The van der Waals surface area contributed by atoms with E-state index in [1.165, 1.54) is 4.90 Å². The molecule has 1 N–H and O–H groups in total. The van der Waals surface area contributed by atoms with Gasteiger partial charge in [-0.3, -0.25) is 0 Å². The van der Waals surface area contributed by atoms with Crippen LogP contribution in [0.1, 0.15) is 20.8 Å². The van der Waals surface area contributed by atoms with E-state index in [-0.39, 0.29) is 6.54 Å². The van der Waals surface area contributed by atoms with Gasteiger partial charge in [0.1, 0.15) is 5.69 Å². The Hall–Kier alpha value is -1.37. The molecule has 0 radical (unpaired) electrons. The molecule has 0 aliphatic carbocycles. The van der Waals surface area contributed by atoms with Crippen LogP contribution >= 0.6 is 0 Å². The predicted octanol–water partition coefficient (Wildman–Crippen LogP) is 2.96. The summed E-state index contributed by atoms with van der Waals surface area (Å²) >= 11 is 0. The van der Waals surface area contributed by atoms with Crippen molar-refractivity contribution in [1.82, 2.24) is 5.32 Å². The molecule has 20 heavy (non-hydrogen) atoms. The van der Waals surface area contributed by atoms with Crippen LogP contribution in [0.15, 0.2) is 0 Å². The molecule has 1 aromatic rings. The van der Waals surface area contributed by atoms with Crippen LogP contribution < -0.4 is 10.2 Å². The van der Waals surface area contributed by atoms with Crippen LogP contribution in [0.5, 0.6) is 0 Å². The second-order valence-corrected chi connectivity index (χ2v) is 5.66. The molecule has 0 saturated carbocycles. The maximum Gasteiger partial charge on any atom is 0.200 e. The highest BCUT2D eigenvalue weighted by Gasteiger charge is 2.36. The van der Waals surface area contributed by atoms with Gasteiger partial charge < -0.3 is 10.2 Å². The summed E-state index contributed by atoms with van der Waals surface area (Å²) in [5.41, 5.74) is -1.35. The zero-order valence-electron chi connectivity index (χ0n) is 11.3. The largest absolute Gasteiger partial charge is 0.361 e. The lowest BCUT2D eigenvalue weighted by atomic mass is 9.98. The van der Waals surface area contributed by atoms with Gasteiger partial charge in [0.2, 0.25) is 5.82 Å². The van der Waals surface area contributed by atoms with Crippen molar-refractivity contribution in [3.8, 4) is 0 Å². The van der Waals surface area contributed by atoms with Gasteiger partial charge in [-0.05, 0) is 20.8 Å². The van der Waals surface area contributed by atoms with Crippen molar-refractivity contribution in [3.05, 3.63) is 29.1 Å². The van der Waals surface area contributed by atoms with E-state index in [1.54, 1.807) is 20.8 Å². The molecule has 2 nitrogen and oxygen atoms in total. The monoisotopic (exact) mass is 294 g/mol. The summed E-state index contributed by atoms with van der Waals surface area (Å²) < 4.78 is 67.3. The Kier molecular flexibility index (Phi) is 3.66. The molecule has 1 heterocycles. The average Bonchev–Trinajstić information content (AvgIpc) is 2.38. The van der Waals surface area contributed by atoms with E-state index in [2.05, 4.69) is 5.32 Å². The molecule has 0 bridgehead atoms. The number of nitrogens with one attached hydrogen (secondary N) is 1. The molecule has 0 aromatic heterocycles. The summed E-state index contributed by atoms with van der Waals surface area (Å²) in [5, 5.41) is 3.14. The first-order valence-corrected chi connectivity index (χ1v) is 6.19. The molecule has 0 amide bonds. The summed E-state index contributed by atoms with van der Waals surface area (Å²) in [6.07, 6.45) is 0. The van der Waals surface area contributed by atoms with Gasteiger partial charge in [0.15, 0.2) is 23.3 Å². The number of hydrogen-bond acceptors (Lipinski definition) is 2. The fraction of sp³-hybridized carbons (Fsp3) is 0.538. The molecule has 1 unspecified atom stereocenters. The Morgan fingerprint density at radius 2 is 1.40 bits per heavy atom. The molecular weight excluding hydrogens is 279 g/mol. The topological polar surface area (TPSA) is 15.3 Å². The Bertz CT molecular complexity index is 515. The molecule has 1 aliphatic heterocycles. The van der Waals surface area contributed by atoms with E-state index in [4.69, 9.17) is 0 Å². The molecular formula is C13H15F5N2. The van der Waals surface area contributed by atoms with Gasteiger partial charge in [-0.15, -0.1) is 0 Å². The van der Waals surface area contributed by atoms with Crippen LogP contribution in [0.25, 0.3) is 0 Å². The number of rotatable bonds is 1. The summed E-state index contributed by atoms with van der Waals surface area (Å²) in [6, 6.07) is -0.392. The minimum absolute atomic E-state index is 0.131. The predicted molar refractivity (Wildman–Crippen MR) is 65.1 cm³/mol. The number of anilines is 1. The normalized spacial score (nSPS) is 22.2. The van der Waals surface area contributed by atoms with Crippen LogP contribution in [0.2, 0.25) is 0 Å². The molecule has 7 heteroatoms. The van der Waals surface area contributed by atoms with Crippen molar-refractivity contribution in [1.29, 1.82) is 0 Å². The fourth-order valence-corrected chi connectivity index (χ4v) is 2.32. The quantitative estimate of drug-likeness (QED) is 0.487. The molecule has 1 fully saturated rings. The van der Waals surface area contributed by atoms with E-state index in [9.17, 15) is 22.0 Å². The Labute approximate surface area is 113 Å². The van der Waals surface area contributed by atoms with E-state index >= 15 is 0 Å². The van der Waals surface area contributed by atoms with Crippen molar-refractivity contribution < 1.29 is 22.0 Å². The second kappa shape index (κ2) is 4.87. The lowest BCUT2D eigenvalue weighted by molar-refractivity contribution is 0.308. The Balaban J connectivity index is 2.57. The number of nitrogens with zero attached hydrogens (tertiary/aromatic N) is 1. The highest BCUT2D eigenvalue weighted by atomic mass is 19.2. The van der Waals surface area contributed by atoms with E-state index in [0.717, 1.165) is 0 Å². The lowest BCUT2D eigenvalue weighted by Crippen LogP contribution is -2.61. The SMILES string of the molecule is CC1CNC(C)(C)CN1c1c(F)c(F)c(F)c(F)c1F. The molecule has 1 saturated heterocycles. The molecule has 1 atom stereocenters. The van der Waals surface area contributed by atoms with Gasteiger partial charge in [0.25, 0.3) is 0 Å². The van der Waals surface area contributed by atoms with Crippen LogP contribution in [0, 0.1) is 29.1 Å². The maximum atomic E-state index is 13.8. The van der Waals surface area contributed by atoms with Crippen LogP contribution in [0.4, 0.5) is 27.6 Å². The van der Waals surface area contributed by atoms with Gasteiger partial charge in [0, 0.05) is 24.7 Å². The third-order valence-electron chi connectivity index (χ3n) is 3.45. The zero-order chi connectivity index (χ0) is 15.2. The highest BCUT2D eigenvalue weighted by Crippen LogP contribution is 2.33. The minimum atomic E-state index is -2.13. The first kappa shape index (κ1) is 15.0. The molecule has 0 spiro atoms. The van der Waals surface area contributed by atoms with Gasteiger partial charge in [-0.25, -0.2) is 22.0 Å². The standard InChI is InChI=1S/C13H15F5N2/c1-6-4-19-13(2,3)5-20(6)12-10(17)8(15)7(14)9(16)11(12)18/h6,19H,4-5H2,1-3H3. The van der Waals surface area contributed by atoms with E-state index < -0.39 is 46.4 Å². The fourth-order valence-electron chi connectivity index (χ4n) is 2.32. The first-order valence-electron chi connectivity index (χ1n) is 6.19. The molecule has 1 aliphatic rings. The first-order chi connectivity index (χ1) is 9.15. The maximum absolute atomic E-state index is 13.8. The van der Waals surface area contributed by atoms with E-state index in [0.29, 0.717) is 6.54 Å². The van der Waals surface area contributed by atoms with Crippen LogP contribution in [-0.4, -0.2) is 24.7 Å². The van der Waals surface area contributed by atoms with Crippen molar-refractivity contribution in [2.75, 3.05) is 18.0 Å². The average molecular weight is 294 g/mol. The van der Waals surface area contributed by atoms with Crippen molar-refractivity contribution in [2.45, 2.75) is 32.4 Å². The number of benzene rings is 1. The van der Waals surface area contributed by atoms with E-state index in [1.807, 2.05) is 0 Å². The van der Waals surface area contributed by atoms with Gasteiger partial charge in [0.05, 0.1) is 0 Å². The van der Waals surface area contributed by atoms with Gasteiger partial charge in [-0.2, -0.15) is 0 Å². The second-order valence-electron chi connectivity index (χ2n) is 5.66. The summed E-state index contributed by atoms with van der Waals surface area (Å²) in [4.78, 5) is 1.22. The Morgan fingerprint density at radius 3 is 1.90 bits per heavy atom. The Morgan fingerprint density at radius 1 is 0.950 bits per heavy atom. The summed E-state index contributed by atoms with van der Waals surface area (Å²) in [7, 11) is 0. The summed E-state index contributed by atoms with van der Waals surface area (Å²) in [6.45, 7) is 5.75. The smallest absolute Gasteiger partial charge is 0.200 e. The van der Waals surface area contributed by atoms with Crippen molar-refractivity contribution >= 4 is 5.69 Å². The van der Waals surface area contributed by atoms with Crippen LogP contribution in [0.3, 0.4) is 0 Å². The molecule has 112 valence electrons. The highest BCUT2D eigenvalue weighted by molar-refractivity contribution is 5.52. The minimum Gasteiger partial charge on any atom is -0.361 e. The number of piperazine rings is 1. The van der Waals surface area contributed by atoms with Crippen molar-refractivity contribution in [2.24, 2.45) is 0 Å². The molecule has 1 aromatic carbocycles. The number of hydrogen-bond donors (Lipinski definition) is 1. The third-order valence-corrected chi connectivity index (χ3v) is 3.45. The lowest BCUT2D eigenvalue weighted by Gasteiger charge is -2.44. The van der Waals surface area contributed by atoms with Crippen LogP contribution in [-0.2, 0) is 0 Å². The number of halogens is 5. The van der Waals surface area contributed by atoms with Crippen molar-refractivity contribution in [3.63, 3.8) is 0 Å².